The van der Waals surface area contributed by atoms with Crippen LogP contribution in [0.15, 0.2) is 22.7 Å². The van der Waals surface area contributed by atoms with Crippen LogP contribution in [-0.2, 0) is 6.54 Å². The first-order chi connectivity index (χ1) is 7.84. The Morgan fingerprint density at radius 3 is 2.47 bits per heavy atom. The highest BCUT2D eigenvalue weighted by molar-refractivity contribution is 9.10. The van der Waals surface area contributed by atoms with E-state index in [9.17, 15) is 13.2 Å². The summed E-state index contributed by atoms with van der Waals surface area (Å²) >= 11 is 3.37. The van der Waals surface area contributed by atoms with E-state index in [-0.39, 0.29) is 19.4 Å². The number of aryl methyl sites for hydroxylation is 1. The van der Waals surface area contributed by atoms with Gasteiger partial charge in [0, 0.05) is 11.0 Å². The minimum atomic E-state index is -4.14. The van der Waals surface area contributed by atoms with E-state index < -0.39 is 11.7 Å². The molecule has 1 aromatic rings. The summed E-state index contributed by atoms with van der Waals surface area (Å²) in [6, 6.07) is 5.60. The molecule has 1 aromatic carbocycles. The third kappa shape index (κ3) is 2.65. The molecule has 0 radical (unpaired) electrons. The second kappa shape index (κ2) is 4.28. The van der Waals surface area contributed by atoms with Gasteiger partial charge in [0.05, 0.1) is 0 Å². The molecule has 1 N–H and O–H groups in total. The lowest BCUT2D eigenvalue weighted by molar-refractivity contribution is -0.166. The van der Waals surface area contributed by atoms with Gasteiger partial charge < -0.3 is 0 Å². The molecule has 0 saturated heterocycles. The molecule has 5 heteroatoms. The molecule has 1 fully saturated rings. The van der Waals surface area contributed by atoms with Crippen LogP contribution in [0.5, 0.6) is 0 Å². The maximum absolute atomic E-state index is 12.7. The smallest absolute Gasteiger partial charge is 0.299 e. The van der Waals surface area contributed by atoms with Crippen LogP contribution < -0.4 is 5.32 Å². The first kappa shape index (κ1) is 12.9. The molecule has 1 nitrogen and oxygen atoms in total. The van der Waals surface area contributed by atoms with E-state index in [1.807, 2.05) is 25.1 Å². The van der Waals surface area contributed by atoms with Gasteiger partial charge in [0.25, 0.3) is 0 Å². The summed E-state index contributed by atoms with van der Waals surface area (Å²) in [7, 11) is 0. The number of hydrogen-bond acceptors (Lipinski definition) is 1. The van der Waals surface area contributed by atoms with Crippen molar-refractivity contribution >= 4 is 15.9 Å². The van der Waals surface area contributed by atoms with Crippen molar-refractivity contribution in [2.24, 2.45) is 0 Å². The number of alkyl halides is 3. The number of nitrogens with one attached hydrogen (secondary N) is 1. The van der Waals surface area contributed by atoms with Gasteiger partial charge in [-0.1, -0.05) is 28.1 Å². The van der Waals surface area contributed by atoms with Crippen molar-refractivity contribution in [3.8, 4) is 0 Å². The molecular formula is C12H13BrF3N. The average Bonchev–Trinajstić information content (AvgIpc) is 3.00. The standard InChI is InChI=1S/C12H13BrF3N/c1-8-2-3-9(6-10(8)13)7-17-11(4-5-11)12(14,15)16/h2-3,6,17H,4-5,7H2,1H3. The van der Waals surface area contributed by atoms with Gasteiger partial charge in [-0.3, -0.25) is 5.32 Å². The molecule has 1 aliphatic rings. The van der Waals surface area contributed by atoms with Crippen LogP contribution in [-0.4, -0.2) is 11.7 Å². The molecule has 1 saturated carbocycles. The molecular weight excluding hydrogens is 295 g/mol. The Balaban J connectivity index is 2.01. The van der Waals surface area contributed by atoms with E-state index in [0.29, 0.717) is 0 Å². The summed E-state index contributed by atoms with van der Waals surface area (Å²) in [4.78, 5) is 0. The lowest BCUT2D eigenvalue weighted by atomic mass is 10.1. The number of hydrogen-bond donors (Lipinski definition) is 1. The van der Waals surface area contributed by atoms with Gasteiger partial charge in [0.2, 0.25) is 0 Å². The molecule has 1 aliphatic carbocycles. The predicted octanol–water partition coefficient (Wildman–Crippen LogP) is 3.94. The Labute approximate surface area is 107 Å². The fourth-order valence-electron chi connectivity index (χ4n) is 1.70. The van der Waals surface area contributed by atoms with Crippen LogP contribution in [0.1, 0.15) is 24.0 Å². The quantitative estimate of drug-likeness (QED) is 0.892. The number of halogens is 4. The minimum absolute atomic E-state index is 0.184. The number of benzene rings is 1. The molecule has 0 unspecified atom stereocenters. The summed E-state index contributed by atoms with van der Waals surface area (Å²) in [5.41, 5.74) is 0.299. The molecule has 0 amide bonds. The predicted molar refractivity (Wildman–Crippen MR) is 63.7 cm³/mol. The highest BCUT2D eigenvalue weighted by Gasteiger charge is 2.62. The van der Waals surface area contributed by atoms with Gasteiger partial charge in [0.15, 0.2) is 0 Å². The fraction of sp³-hybridized carbons (Fsp3) is 0.500. The zero-order chi connectivity index (χ0) is 12.7. The zero-order valence-corrected chi connectivity index (χ0v) is 11.0. The summed E-state index contributed by atoms with van der Waals surface area (Å²) in [6.07, 6.45) is -3.78. The van der Waals surface area contributed by atoms with Crippen molar-refractivity contribution in [1.82, 2.24) is 5.32 Å². The van der Waals surface area contributed by atoms with E-state index in [1.54, 1.807) is 0 Å². The van der Waals surface area contributed by atoms with Crippen molar-refractivity contribution < 1.29 is 13.2 Å². The van der Waals surface area contributed by atoms with Gasteiger partial charge in [-0.15, -0.1) is 0 Å². The molecule has 94 valence electrons. The topological polar surface area (TPSA) is 12.0 Å². The van der Waals surface area contributed by atoms with Gasteiger partial charge in [-0.05, 0) is 37.0 Å². The van der Waals surface area contributed by atoms with Crippen LogP contribution in [0.4, 0.5) is 13.2 Å². The SMILES string of the molecule is Cc1ccc(CNC2(C(F)(F)F)CC2)cc1Br. The van der Waals surface area contributed by atoms with Gasteiger partial charge >= 0.3 is 6.18 Å². The highest BCUT2D eigenvalue weighted by Crippen LogP contribution is 2.49. The van der Waals surface area contributed by atoms with Crippen molar-refractivity contribution in [1.29, 1.82) is 0 Å². The molecule has 0 bridgehead atoms. The summed E-state index contributed by atoms with van der Waals surface area (Å²) in [5.74, 6) is 0. The second-order valence-corrected chi connectivity index (χ2v) is 5.37. The molecule has 2 rings (SSSR count). The Hall–Kier alpha value is -0.550. The van der Waals surface area contributed by atoms with E-state index in [4.69, 9.17) is 0 Å². The molecule has 0 spiro atoms. The van der Waals surface area contributed by atoms with E-state index in [2.05, 4.69) is 21.2 Å². The van der Waals surface area contributed by atoms with Crippen molar-refractivity contribution in [3.63, 3.8) is 0 Å². The lowest BCUT2D eigenvalue weighted by Crippen LogP contribution is -2.44. The first-order valence-corrected chi connectivity index (χ1v) is 6.20. The summed E-state index contributed by atoms with van der Waals surface area (Å²) in [6.45, 7) is 2.19. The normalized spacial score (nSPS) is 18.2. The Bertz CT molecular complexity index is 424. The van der Waals surface area contributed by atoms with Gasteiger partial charge in [0.1, 0.15) is 5.54 Å². The molecule has 17 heavy (non-hydrogen) atoms. The van der Waals surface area contributed by atoms with Gasteiger partial charge in [-0.2, -0.15) is 13.2 Å². The maximum Gasteiger partial charge on any atom is 0.406 e. The van der Waals surface area contributed by atoms with Crippen LogP contribution in [0.3, 0.4) is 0 Å². The summed E-state index contributed by atoms with van der Waals surface area (Å²) in [5, 5.41) is 2.63. The number of rotatable bonds is 3. The van der Waals surface area contributed by atoms with Crippen LogP contribution in [0.25, 0.3) is 0 Å². The second-order valence-electron chi connectivity index (χ2n) is 4.52. The van der Waals surface area contributed by atoms with Crippen LogP contribution >= 0.6 is 15.9 Å². The van der Waals surface area contributed by atoms with Crippen LogP contribution in [0, 0.1) is 6.92 Å². The van der Waals surface area contributed by atoms with Crippen molar-refractivity contribution in [2.45, 2.75) is 38.0 Å². The maximum atomic E-state index is 12.7. The molecule has 0 aromatic heterocycles. The monoisotopic (exact) mass is 307 g/mol. The average molecular weight is 308 g/mol. The van der Waals surface area contributed by atoms with E-state index >= 15 is 0 Å². The molecule has 0 aliphatic heterocycles. The summed E-state index contributed by atoms with van der Waals surface area (Å²) < 4.78 is 38.9. The lowest BCUT2D eigenvalue weighted by Gasteiger charge is -2.20. The zero-order valence-electron chi connectivity index (χ0n) is 9.37. The minimum Gasteiger partial charge on any atom is -0.299 e. The van der Waals surface area contributed by atoms with E-state index in [0.717, 1.165) is 15.6 Å². The fourth-order valence-corrected chi connectivity index (χ4v) is 2.13. The van der Waals surface area contributed by atoms with Crippen molar-refractivity contribution in [2.75, 3.05) is 0 Å². The van der Waals surface area contributed by atoms with Crippen LogP contribution in [0.2, 0.25) is 0 Å². The third-order valence-corrected chi connectivity index (χ3v) is 4.01. The van der Waals surface area contributed by atoms with Crippen molar-refractivity contribution in [3.05, 3.63) is 33.8 Å². The van der Waals surface area contributed by atoms with E-state index in [1.165, 1.54) is 0 Å². The third-order valence-electron chi connectivity index (χ3n) is 3.16. The first-order valence-electron chi connectivity index (χ1n) is 5.41. The highest BCUT2D eigenvalue weighted by atomic mass is 79.9. The molecule has 0 heterocycles. The largest absolute Gasteiger partial charge is 0.406 e. The van der Waals surface area contributed by atoms with Gasteiger partial charge in [-0.25, -0.2) is 0 Å². The Kier molecular flexibility index (Phi) is 3.25. The Morgan fingerprint density at radius 1 is 1.35 bits per heavy atom. The molecule has 0 atom stereocenters. The Morgan fingerprint density at radius 2 is 2.00 bits per heavy atom.